The molecule has 0 N–H and O–H groups in total. The number of unbranched alkanes of at least 4 members (excludes halogenated alkanes) is 7. The highest BCUT2D eigenvalue weighted by Crippen LogP contribution is 2.11. The summed E-state index contributed by atoms with van der Waals surface area (Å²) < 4.78 is 4.53. The van der Waals surface area contributed by atoms with Crippen molar-refractivity contribution in [2.45, 2.75) is 57.8 Å². The fourth-order valence-electron chi connectivity index (χ4n) is 2.25. The third kappa shape index (κ3) is 9.29. The molecule has 0 atom stereocenters. The lowest BCUT2D eigenvalue weighted by atomic mass is 10.0. The van der Waals surface area contributed by atoms with E-state index in [1.165, 1.54) is 57.0 Å². The molecule has 0 aliphatic rings. The van der Waals surface area contributed by atoms with Gasteiger partial charge in [-0.1, -0.05) is 68.9 Å². The van der Waals surface area contributed by atoms with Gasteiger partial charge in [0.1, 0.15) is 0 Å². The Labute approximate surface area is 117 Å². The van der Waals surface area contributed by atoms with E-state index in [0.29, 0.717) is 6.61 Å². The second-order valence-electron chi connectivity index (χ2n) is 5.00. The van der Waals surface area contributed by atoms with Crippen molar-refractivity contribution in [2.75, 3.05) is 6.61 Å². The van der Waals surface area contributed by atoms with E-state index in [1.807, 2.05) is 0 Å². The van der Waals surface area contributed by atoms with Gasteiger partial charge >= 0.3 is 6.47 Å². The lowest BCUT2D eigenvalue weighted by Crippen LogP contribution is -1.91. The molecule has 0 saturated carbocycles. The van der Waals surface area contributed by atoms with Crippen LogP contribution in [0.1, 0.15) is 56.9 Å². The number of carbonyl (C=O) groups excluding carboxylic acids is 1. The number of benzene rings is 1. The lowest BCUT2D eigenvalue weighted by molar-refractivity contribution is 0.268. The van der Waals surface area contributed by atoms with Gasteiger partial charge in [-0.3, -0.25) is 0 Å². The van der Waals surface area contributed by atoms with Gasteiger partial charge in [0.05, 0.1) is 6.61 Å². The van der Waals surface area contributed by atoms with Gasteiger partial charge in [-0.2, -0.15) is 0 Å². The van der Waals surface area contributed by atoms with Crippen LogP contribution in [-0.2, 0) is 16.0 Å². The molecule has 0 saturated heterocycles. The van der Waals surface area contributed by atoms with Gasteiger partial charge in [-0.05, 0) is 24.8 Å². The summed E-state index contributed by atoms with van der Waals surface area (Å²) in [5.41, 5.74) is 1.45. The quantitative estimate of drug-likeness (QED) is 0.520. The Morgan fingerprint density at radius 3 is 2.00 bits per heavy atom. The zero-order chi connectivity index (χ0) is 13.6. The average Bonchev–Trinajstić information content (AvgIpc) is 2.46. The zero-order valence-electron chi connectivity index (χ0n) is 11.8. The molecular weight excluding hydrogens is 236 g/mol. The summed E-state index contributed by atoms with van der Waals surface area (Å²) in [6.07, 6.45) is 11.2. The van der Waals surface area contributed by atoms with Crippen LogP contribution in [0, 0.1) is 0 Å². The van der Waals surface area contributed by atoms with Crippen LogP contribution in [0.5, 0.6) is 0 Å². The molecule has 1 aromatic rings. The van der Waals surface area contributed by atoms with Gasteiger partial charge in [0.2, 0.25) is 0 Å². The van der Waals surface area contributed by atoms with Crippen LogP contribution >= 0.6 is 0 Å². The minimum atomic E-state index is 0.528. The molecule has 2 nitrogen and oxygen atoms in total. The summed E-state index contributed by atoms with van der Waals surface area (Å²) in [6, 6.07) is 10.7. The Balaban J connectivity index is 1.80. The molecule has 0 spiro atoms. The maximum absolute atomic E-state index is 9.80. The van der Waals surface area contributed by atoms with E-state index in [-0.39, 0.29) is 0 Å². The van der Waals surface area contributed by atoms with Gasteiger partial charge in [0.25, 0.3) is 0 Å². The predicted octanol–water partition coefficient (Wildman–Crippen LogP) is 4.43. The Bertz CT molecular complexity index is 308. The molecule has 0 aliphatic heterocycles. The van der Waals surface area contributed by atoms with Crippen LogP contribution in [0.3, 0.4) is 0 Å². The van der Waals surface area contributed by atoms with Crippen molar-refractivity contribution in [3.8, 4) is 0 Å². The van der Waals surface area contributed by atoms with E-state index in [9.17, 15) is 4.79 Å². The fraction of sp³-hybridized carbons (Fsp3) is 0.588. The number of rotatable bonds is 12. The van der Waals surface area contributed by atoms with Crippen LogP contribution < -0.4 is 0 Å². The third-order valence-corrected chi connectivity index (χ3v) is 3.36. The van der Waals surface area contributed by atoms with Gasteiger partial charge in [-0.15, -0.1) is 0 Å². The maximum atomic E-state index is 9.80. The molecule has 0 amide bonds. The van der Waals surface area contributed by atoms with Crippen molar-refractivity contribution in [3.05, 3.63) is 35.9 Å². The largest absolute Gasteiger partial charge is 0.457 e. The average molecular weight is 261 g/mol. The van der Waals surface area contributed by atoms with Crippen molar-refractivity contribution in [1.29, 1.82) is 0 Å². The van der Waals surface area contributed by atoms with E-state index < -0.39 is 0 Å². The van der Waals surface area contributed by atoms with Crippen LogP contribution in [0.4, 0.5) is 0 Å². The van der Waals surface area contributed by atoms with Crippen molar-refractivity contribution >= 4 is 6.47 Å². The minimum Gasteiger partial charge on any atom is -0.457 e. The van der Waals surface area contributed by atoms with Crippen LogP contribution in [0.25, 0.3) is 0 Å². The fourth-order valence-corrected chi connectivity index (χ4v) is 2.25. The number of hydrogen-bond acceptors (Lipinski definition) is 2. The summed E-state index contributed by atoms with van der Waals surface area (Å²) in [6.45, 7) is 1.98. The molecule has 0 aliphatic carbocycles. The second-order valence-corrected chi connectivity index (χ2v) is 5.00. The first-order valence-corrected chi connectivity index (χ1v) is 7.46. The molecule has 1 aromatic carbocycles. The molecule has 19 heavy (non-hydrogen) atoms. The monoisotopic (exact) mass is 261 g/mol. The number of hydrogen-bond donors (Lipinski definition) is 0. The molecule has 0 fully saturated rings. The van der Waals surface area contributed by atoms with Crippen molar-refractivity contribution in [2.24, 2.45) is 0 Å². The Hall–Kier alpha value is -1.31. The number of aryl methyl sites for hydroxylation is 1. The first kappa shape index (κ1) is 15.7. The molecule has 0 unspecified atom stereocenters. The first-order valence-electron chi connectivity index (χ1n) is 7.46. The Kier molecular flexibility index (Phi) is 9.75. The van der Waals surface area contributed by atoms with E-state index >= 15 is 0 Å². The molecule has 0 heterocycles. The van der Waals surface area contributed by atoms with Gasteiger partial charge in [0, 0.05) is 0 Å². The molecule has 0 bridgehead atoms. The second kappa shape index (κ2) is 11.8. The van der Waals surface area contributed by atoms with Crippen molar-refractivity contribution in [3.63, 3.8) is 0 Å². The molecule has 2 heteroatoms. The van der Waals surface area contributed by atoms with Crippen LogP contribution in [0.2, 0.25) is 0 Å². The highest BCUT2D eigenvalue weighted by Gasteiger charge is 1.94. The maximum Gasteiger partial charge on any atom is 0.417 e. The first-order chi connectivity index (χ1) is 9.43. The Morgan fingerprint density at radius 1 is 0.789 bits per heavy atom. The van der Waals surface area contributed by atoms with Gasteiger partial charge in [-0.25, -0.2) is 4.79 Å². The van der Waals surface area contributed by atoms with E-state index in [0.717, 1.165) is 12.8 Å². The normalized spacial score (nSPS) is 10.3. The van der Waals surface area contributed by atoms with Crippen molar-refractivity contribution < 1.29 is 9.53 Å². The highest BCUT2D eigenvalue weighted by molar-refractivity contribution is 5.37. The summed E-state index contributed by atoms with van der Waals surface area (Å²) >= 11 is 0. The summed E-state index contributed by atoms with van der Waals surface area (Å²) in [4.78, 5) is 9.80. The molecule has 1 radical (unpaired) electrons. The molecule has 1 rings (SSSR count). The Morgan fingerprint density at radius 2 is 1.37 bits per heavy atom. The van der Waals surface area contributed by atoms with Gasteiger partial charge < -0.3 is 4.74 Å². The highest BCUT2D eigenvalue weighted by atomic mass is 16.5. The third-order valence-electron chi connectivity index (χ3n) is 3.36. The van der Waals surface area contributed by atoms with Crippen LogP contribution in [-0.4, -0.2) is 13.1 Å². The zero-order valence-corrected chi connectivity index (χ0v) is 11.8. The molecule has 105 valence electrons. The van der Waals surface area contributed by atoms with Crippen LogP contribution in [0.15, 0.2) is 30.3 Å². The minimum absolute atomic E-state index is 0.528. The van der Waals surface area contributed by atoms with Crippen molar-refractivity contribution in [1.82, 2.24) is 0 Å². The SMILES string of the molecule is O=[C]OCCCCCCCCCCc1ccccc1. The smallest absolute Gasteiger partial charge is 0.417 e. The molecule has 0 aromatic heterocycles. The van der Waals surface area contributed by atoms with Gasteiger partial charge in [0.15, 0.2) is 0 Å². The summed E-state index contributed by atoms with van der Waals surface area (Å²) in [5, 5.41) is 0. The lowest BCUT2D eigenvalue weighted by Gasteiger charge is -2.03. The summed E-state index contributed by atoms with van der Waals surface area (Å²) in [5.74, 6) is 0. The topological polar surface area (TPSA) is 26.3 Å². The number of ether oxygens (including phenoxy) is 1. The molecular formula is C17H25O2. The predicted molar refractivity (Wildman–Crippen MR) is 78.7 cm³/mol. The summed E-state index contributed by atoms with van der Waals surface area (Å²) in [7, 11) is 0. The van der Waals surface area contributed by atoms with E-state index in [2.05, 4.69) is 35.1 Å². The standard InChI is InChI=1S/C17H25O2/c18-16-19-15-11-6-4-2-1-3-5-8-12-17-13-9-7-10-14-17/h7,9-10,13-14H,1-6,8,11-12,15H2. The van der Waals surface area contributed by atoms with E-state index in [4.69, 9.17) is 0 Å². The van der Waals surface area contributed by atoms with E-state index in [1.54, 1.807) is 0 Å².